The van der Waals surface area contributed by atoms with Crippen molar-refractivity contribution in [2.24, 2.45) is 0 Å². The highest BCUT2D eigenvalue weighted by Crippen LogP contribution is 2.26. The average molecular weight is 390 g/mol. The van der Waals surface area contributed by atoms with Crippen molar-refractivity contribution in [3.05, 3.63) is 57.0 Å². The summed E-state index contributed by atoms with van der Waals surface area (Å²) < 4.78 is 43.7. The third-order valence-electron chi connectivity index (χ3n) is 3.30. The molecule has 1 N–H and O–H groups in total. The van der Waals surface area contributed by atoms with Crippen LogP contribution in [0.5, 0.6) is 5.75 Å². The number of carbonyl (C=O) groups is 1. The maximum absolute atomic E-state index is 12.6. The number of nitrogens with zero attached hydrogens (tertiary/aromatic N) is 2. The van der Waals surface area contributed by atoms with E-state index in [1.165, 1.54) is 0 Å². The van der Waals surface area contributed by atoms with Crippen molar-refractivity contribution in [2.45, 2.75) is 19.6 Å². The van der Waals surface area contributed by atoms with Crippen LogP contribution in [-0.2, 0) is 17.5 Å². The second-order valence-electron chi connectivity index (χ2n) is 5.33. The van der Waals surface area contributed by atoms with E-state index in [9.17, 15) is 22.8 Å². The molecule has 1 aromatic carbocycles. The molecule has 6 nitrogen and oxygen atoms in total. The summed E-state index contributed by atoms with van der Waals surface area (Å²) in [4.78, 5) is 23.2. The van der Waals surface area contributed by atoms with E-state index in [2.05, 4.69) is 10.4 Å². The van der Waals surface area contributed by atoms with Gasteiger partial charge in [-0.05, 0) is 36.8 Å². The van der Waals surface area contributed by atoms with Crippen molar-refractivity contribution in [3.63, 3.8) is 0 Å². The number of rotatable bonds is 6. The predicted octanol–water partition coefficient (Wildman–Crippen LogP) is 2.42. The van der Waals surface area contributed by atoms with Gasteiger partial charge in [-0.3, -0.25) is 9.59 Å². The largest absolute Gasteiger partial charge is 0.484 e. The van der Waals surface area contributed by atoms with E-state index >= 15 is 0 Å². The summed E-state index contributed by atoms with van der Waals surface area (Å²) in [6.07, 6.45) is -4.65. The molecule has 2 rings (SSSR count). The molecule has 0 saturated carbocycles. The molecule has 10 heteroatoms. The highest BCUT2D eigenvalue weighted by atomic mass is 35.5. The SMILES string of the molecule is Cc1cc(OCC(=O)NCCn2nc(C(F)(F)F)ccc2=O)ccc1Cl. The summed E-state index contributed by atoms with van der Waals surface area (Å²) in [5.41, 5.74) is -1.08. The Morgan fingerprint density at radius 2 is 2.04 bits per heavy atom. The lowest BCUT2D eigenvalue weighted by Crippen LogP contribution is -2.35. The quantitative estimate of drug-likeness (QED) is 0.823. The molecule has 0 aliphatic rings. The fourth-order valence-electron chi connectivity index (χ4n) is 1.97. The summed E-state index contributed by atoms with van der Waals surface area (Å²) in [6.45, 7) is 1.23. The maximum atomic E-state index is 12.6. The van der Waals surface area contributed by atoms with Gasteiger partial charge in [0.05, 0.1) is 6.54 Å². The van der Waals surface area contributed by atoms with E-state index in [1.807, 2.05) is 0 Å². The second-order valence-corrected chi connectivity index (χ2v) is 5.73. The Morgan fingerprint density at radius 1 is 1.31 bits per heavy atom. The van der Waals surface area contributed by atoms with Gasteiger partial charge in [0, 0.05) is 17.6 Å². The first-order chi connectivity index (χ1) is 12.2. The van der Waals surface area contributed by atoms with Crippen molar-refractivity contribution >= 4 is 17.5 Å². The van der Waals surface area contributed by atoms with Crippen LogP contribution in [0.3, 0.4) is 0 Å². The minimum absolute atomic E-state index is 0.0734. The first-order valence-corrected chi connectivity index (χ1v) is 7.85. The zero-order valence-electron chi connectivity index (χ0n) is 13.6. The van der Waals surface area contributed by atoms with Gasteiger partial charge in [0.2, 0.25) is 0 Å². The molecule has 0 atom stereocenters. The van der Waals surface area contributed by atoms with Gasteiger partial charge in [0.1, 0.15) is 5.75 Å². The van der Waals surface area contributed by atoms with Crippen molar-refractivity contribution < 1.29 is 22.7 Å². The molecule has 0 aliphatic heterocycles. The minimum Gasteiger partial charge on any atom is -0.484 e. The first kappa shape index (κ1) is 19.8. The number of halogens is 4. The third-order valence-corrected chi connectivity index (χ3v) is 3.73. The van der Waals surface area contributed by atoms with E-state index in [1.54, 1.807) is 25.1 Å². The van der Waals surface area contributed by atoms with E-state index in [4.69, 9.17) is 16.3 Å². The Kier molecular flexibility index (Phi) is 6.25. The summed E-state index contributed by atoms with van der Waals surface area (Å²) in [7, 11) is 0. The van der Waals surface area contributed by atoms with Gasteiger partial charge in [-0.1, -0.05) is 11.6 Å². The number of nitrogens with one attached hydrogen (secondary N) is 1. The lowest BCUT2D eigenvalue weighted by Gasteiger charge is -2.11. The van der Waals surface area contributed by atoms with Crippen LogP contribution >= 0.6 is 11.6 Å². The van der Waals surface area contributed by atoms with E-state index < -0.39 is 23.3 Å². The van der Waals surface area contributed by atoms with Crippen molar-refractivity contribution in [2.75, 3.05) is 13.2 Å². The summed E-state index contributed by atoms with van der Waals surface area (Å²) in [5, 5.41) is 6.25. The topological polar surface area (TPSA) is 73.2 Å². The minimum atomic E-state index is -4.65. The Bertz CT molecular complexity index is 853. The Balaban J connectivity index is 1.84. The first-order valence-electron chi connectivity index (χ1n) is 7.48. The number of amides is 1. The number of hydrogen-bond acceptors (Lipinski definition) is 4. The van der Waals surface area contributed by atoms with Crippen LogP contribution in [0.1, 0.15) is 11.3 Å². The average Bonchev–Trinajstić information content (AvgIpc) is 2.56. The van der Waals surface area contributed by atoms with Crippen LogP contribution in [-0.4, -0.2) is 28.8 Å². The van der Waals surface area contributed by atoms with Crippen LogP contribution in [0, 0.1) is 6.92 Å². The van der Waals surface area contributed by atoms with Crippen LogP contribution in [0.4, 0.5) is 13.2 Å². The van der Waals surface area contributed by atoms with Gasteiger partial charge >= 0.3 is 6.18 Å². The van der Waals surface area contributed by atoms with Crippen molar-refractivity contribution in [1.82, 2.24) is 15.1 Å². The highest BCUT2D eigenvalue weighted by Gasteiger charge is 2.33. The molecule has 2 aromatic rings. The molecule has 0 radical (unpaired) electrons. The molecule has 140 valence electrons. The standard InChI is InChI=1S/C16H15ClF3N3O3/c1-10-8-11(2-3-12(10)17)26-9-14(24)21-6-7-23-15(25)5-4-13(22-23)16(18,19)20/h2-5,8H,6-7,9H2,1H3,(H,21,24). The summed E-state index contributed by atoms with van der Waals surface area (Å²) >= 11 is 5.88. The van der Waals surface area contributed by atoms with Gasteiger partial charge in [0.15, 0.2) is 12.3 Å². The van der Waals surface area contributed by atoms with E-state index in [-0.39, 0.29) is 19.7 Å². The van der Waals surface area contributed by atoms with E-state index in [0.29, 0.717) is 21.5 Å². The lowest BCUT2D eigenvalue weighted by molar-refractivity contribution is -0.142. The van der Waals surface area contributed by atoms with Crippen LogP contribution in [0.2, 0.25) is 5.02 Å². The summed E-state index contributed by atoms with van der Waals surface area (Å²) in [5.74, 6) is -0.0320. The van der Waals surface area contributed by atoms with Gasteiger partial charge < -0.3 is 10.1 Å². The molecule has 1 amide bonds. The zero-order chi connectivity index (χ0) is 19.3. The fourth-order valence-corrected chi connectivity index (χ4v) is 2.09. The molecule has 26 heavy (non-hydrogen) atoms. The molecule has 0 spiro atoms. The van der Waals surface area contributed by atoms with Gasteiger partial charge in [-0.2, -0.15) is 18.3 Å². The molecule has 0 aliphatic carbocycles. The molecular weight excluding hydrogens is 375 g/mol. The molecule has 1 aromatic heterocycles. The highest BCUT2D eigenvalue weighted by molar-refractivity contribution is 6.31. The molecule has 1 heterocycles. The molecule has 0 fully saturated rings. The monoisotopic (exact) mass is 389 g/mol. The smallest absolute Gasteiger partial charge is 0.435 e. The van der Waals surface area contributed by atoms with Gasteiger partial charge in [-0.15, -0.1) is 0 Å². The van der Waals surface area contributed by atoms with Crippen LogP contribution in [0.25, 0.3) is 0 Å². The van der Waals surface area contributed by atoms with Crippen LogP contribution < -0.4 is 15.6 Å². The van der Waals surface area contributed by atoms with E-state index in [0.717, 1.165) is 11.6 Å². The number of hydrogen-bond donors (Lipinski definition) is 1. The number of benzene rings is 1. The lowest BCUT2D eigenvalue weighted by atomic mass is 10.2. The van der Waals surface area contributed by atoms with Crippen LogP contribution in [0.15, 0.2) is 35.1 Å². The van der Waals surface area contributed by atoms with Crippen molar-refractivity contribution in [1.29, 1.82) is 0 Å². The van der Waals surface area contributed by atoms with Gasteiger partial charge in [-0.25, -0.2) is 4.68 Å². The second kappa shape index (κ2) is 8.22. The molecule has 0 bridgehead atoms. The Morgan fingerprint density at radius 3 is 2.69 bits per heavy atom. The number of alkyl halides is 3. The third kappa shape index (κ3) is 5.48. The number of aromatic nitrogens is 2. The van der Waals surface area contributed by atoms with Crippen molar-refractivity contribution in [3.8, 4) is 5.75 Å². The summed E-state index contributed by atoms with van der Waals surface area (Å²) in [6, 6.07) is 6.30. The number of ether oxygens (including phenoxy) is 1. The predicted molar refractivity (Wildman–Crippen MR) is 88.2 cm³/mol. The number of carbonyl (C=O) groups excluding carboxylic acids is 1. The fraction of sp³-hybridized carbons (Fsp3) is 0.312. The Hall–Kier alpha value is -2.55. The Labute approximate surface area is 151 Å². The number of aryl methyl sites for hydroxylation is 1. The normalized spacial score (nSPS) is 11.3. The molecule has 0 saturated heterocycles. The maximum Gasteiger partial charge on any atom is 0.435 e. The molecular formula is C16H15ClF3N3O3. The zero-order valence-corrected chi connectivity index (χ0v) is 14.4. The molecule has 0 unspecified atom stereocenters. The van der Waals surface area contributed by atoms with Gasteiger partial charge in [0.25, 0.3) is 11.5 Å².